The Morgan fingerprint density at radius 3 is 2.52 bits per heavy atom. The number of hydrogen-bond donors (Lipinski definition) is 2. The number of aromatic hydroxyl groups is 1. The van der Waals surface area contributed by atoms with Crippen LogP contribution in [0.2, 0.25) is 0 Å². The third-order valence-corrected chi connectivity index (χ3v) is 4.19. The number of amides is 1. The van der Waals surface area contributed by atoms with Crippen LogP contribution in [-0.2, 0) is 4.79 Å². The van der Waals surface area contributed by atoms with Crippen molar-refractivity contribution in [1.82, 2.24) is 4.98 Å². The summed E-state index contributed by atoms with van der Waals surface area (Å²) in [4.78, 5) is 28.3. The van der Waals surface area contributed by atoms with Gasteiger partial charge in [0.25, 0.3) is 5.91 Å². The number of nitro groups is 1. The van der Waals surface area contributed by atoms with Crippen LogP contribution in [0, 0.1) is 35.3 Å². The molecule has 150 valence electrons. The van der Waals surface area contributed by atoms with E-state index in [1.165, 1.54) is 20.4 Å². The van der Waals surface area contributed by atoms with Gasteiger partial charge in [-0.1, -0.05) is 0 Å². The van der Waals surface area contributed by atoms with Gasteiger partial charge in [0.05, 0.1) is 23.9 Å². The number of likely N-dealkylation sites (N-methyl/N-ethyl adjacent to an activating group) is 1. The number of nitrogens with zero attached hydrogens (tertiary/aromatic N) is 4. The number of anilines is 1. The molecule has 29 heavy (non-hydrogen) atoms. The minimum atomic E-state index is -0.879. The van der Waals surface area contributed by atoms with Gasteiger partial charge in [-0.3, -0.25) is 19.9 Å². The minimum absolute atomic E-state index is 0.233. The van der Waals surface area contributed by atoms with E-state index < -0.39 is 33.6 Å². The summed E-state index contributed by atoms with van der Waals surface area (Å²) in [5, 5.41) is 41.0. The monoisotopic (exact) mass is 398 g/mol. The van der Waals surface area contributed by atoms with Crippen molar-refractivity contribution in [2.45, 2.75) is 13.8 Å². The molecule has 0 aliphatic rings. The number of nitro benzene ring substituents is 1. The van der Waals surface area contributed by atoms with Crippen molar-refractivity contribution >= 4 is 23.0 Å². The molecular formula is C19H18N4O6. The molecule has 1 aromatic carbocycles. The number of pyridine rings is 1. The molecule has 0 fully saturated rings. The lowest BCUT2D eigenvalue weighted by Gasteiger charge is -2.19. The van der Waals surface area contributed by atoms with Gasteiger partial charge in [0.1, 0.15) is 11.8 Å². The highest BCUT2D eigenvalue weighted by atomic mass is 16.6. The van der Waals surface area contributed by atoms with E-state index in [1.54, 1.807) is 26.0 Å². The molecule has 0 atom stereocenters. The molecule has 10 nitrogen and oxygen atoms in total. The van der Waals surface area contributed by atoms with Crippen LogP contribution < -0.4 is 9.64 Å². The fourth-order valence-corrected chi connectivity index (χ4v) is 2.69. The third-order valence-electron chi connectivity index (χ3n) is 4.19. The average Bonchev–Trinajstić information content (AvgIpc) is 2.67. The average molecular weight is 398 g/mol. The number of aromatic nitrogens is 1. The molecule has 10 heteroatoms. The number of rotatable bonds is 5. The first-order valence-electron chi connectivity index (χ1n) is 8.22. The number of hydrogen-bond acceptors (Lipinski definition) is 8. The van der Waals surface area contributed by atoms with Crippen LogP contribution in [0.3, 0.4) is 0 Å². The molecule has 1 heterocycles. The Hall–Kier alpha value is -4.13. The SMILES string of the molecule is COc1cc(/C(O)=C(\C#N)C(=O)N(C)c2cnc(C)cc2C)cc([N+](=O)[O-])c1O. The predicted octanol–water partition coefficient (Wildman–Crippen LogP) is 2.78. The van der Waals surface area contributed by atoms with Gasteiger partial charge in [-0.2, -0.15) is 5.26 Å². The zero-order valence-electron chi connectivity index (χ0n) is 16.1. The van der Waals surface area contributed by atoms with E-state index in [4.69, 9.17) is 4.74 Å². The Morgan fingerprint density at radius 1 is 1.34 bits per heavy atom. The number of benzene rings is 1. The first-order valence-corrected chi connectivity index (χ1v) is 8.22. The largest absolute Gasteiger partial charge is 0.506 e. The first kappa shape index (κ1) is 21.2. The summed E-state index contributed by atoms with van der Waals surface area (Å²) in [7, 11) is 2.58. The van der Waals surface area contributed by atoms with Gasteiger partial charge in [-0.25, -0.2) is 0 Å². The maximum Gasteiger partial charge on any atom is 0.315 e. The van der Waals surface area contributed by atoms with Crippen LogP contribution in [0.5, 0.6) is 11.5 Å². The fourth-order valence-electron chi connectivity index (χ4n) is 2.69. The van der Waals surface area contributed by atoms with Crippen molar-refractivity contribution in [2.75, 3.05) is 19.1 Å². The zero-order valence-corrected chi connectivity index (χ0v) is 16.1. The normalized spacial score (nSPS) is 11.3. The summed E-state index contributed by atoms with van der Waals surface area (Å²) in [6, 6.07) is 5.31. The van der Waals surface area contributed by atoms with E-state index >= 15 is 0 Å². The Balaban J connectivity index is 2.59. The lowest BCUT2D eigenvalue weighted by molar-refractivity contribution is -0.386. The van der Waals surface area contributed by atoms with E-state index in [1.807, 2.05) is 0 Å². The molecule has 0 unspecified atom stereocenters. The number of carbonyl (C=O) groups is 1. The highest BCUT2D eigenvalue weighted by Crippen LogP contribution is 2.39. The molecule has 0 aliphatic heterocycles. The van der Waals surface area contributed by atoms with Crippen LogP contribution >= 0.6 is 0 Å². The van der Waals surface area contributed by atoms with Crippen LogP contribution in [0.1, 0.15) is 16.8 Å². The summed E-state index contributed by atoms with van der Waals surface area (Å²) in [6.45, 7) is 3.55. The lowest BCUT2D eigenvalue weighted by atomic mass is 10.1. The highest BCUT2D eigenvalue weighted by molar-refractivity contribution is 6.12. The van der Waals surface area contributed by atoms with Crippen molar-refractivity contribution in [3.8, 4) is 17.6 Å². The van der Waals surface area contributed by atoms with Crippen molar-refractivity contribution < 1.29 is 24.7 Å². The summed E-state index contributed by atoms with van der Waals surface area (Å²) in [5.41, 5.74) is 0.275. The highest BCUT2D eigenvalue weighted by Gasteiger charge is 2.26. The van der Waals surface area contributed by atoms with Crippen molar-refractivity contribution in [1.29, 1.82) is 5.26 Å². The number of methoxy groups -OCH3 is 1. The van der Waals surface area contributed by atoms with Crippen LogP contribution in [-0.4, -0.2) is 40.2 Å². The molecule has 1 aromatic heterocycles. The Morgan fingerprint density at radius 2 is 2.00 bits per heavy atom. The molecule has 0 saturated carbocycles. The van der Waals surface area contributed by atoms with Gasteiger partial charge in [-0.15, -0.1) is 0 Å². The second kappa shape index (κ2) is 8.26. The summed E-state index contributed by atoms with van der Waals surface area (Å²) < 4.78 is 4.87. The van der Waals surface area contributed by atoms with Crippen LogP contribution in [0.25, 0.3) is 5.76 Å². The van der Waals surface area contributed by atoms with Crippen molar-refractivity contribution in [3.63, 3.8) is 0 Å². The minimum Gasteiger partial charge on any atom is -0.506 e. The number of phenolic OH excluding ortho intramolecular Hbond substituents is 1. The fraction of sp³-hybridized carbons (Fsp3) is 0.211. The van der Waals surface area contributed by atoms with Gasteiger partial charge in [-0.05, 0) is 31.5 Å². The third kappa shape index (κ3) is 4.08. The van der Waals surface area contributed by atoms with Crippen LogP contribution in [0.4, 0.5) is 11.4 Å². The number of aliphatic hydroxyl groups is 1. The Kier molecular flexibility index (Phi) is 6.03. The molecule has 2 aromatic rings. The van der Waals surface area contributed by atoms with Crippen LogP contribution in [0.15, 0.2) is 30.0 Å². The number of phenols is 1. The molecule has 0 aliphatic carbocycles. The quantitative estimate of drug-likeness (QED) is 0.257. The number of nitriles is 1. The maximum absolute atomic E-state index is 12.8. The zero-order chi connectivity index (χ0) is 21.9. The second-order valence-electron chi connectivity index (χ2n) is 6.12. The number of ether oxygens (including phenoxy) is 1. The summed E-state index contributed by atoms with van der Waals surface area (Å²) in [6.07, 6.45) is 1.46. The van der Waals surface area contributed by atoms with Gasteiger partial charge in [0.2, 0.25) is 5.75 Å². The molecule has 0 bridgehead atoms. The molecule has 0 spiro atoms. The summed E-state index contributed by atoms with van der Waals surface area (Å²) in [5.74, 6) is -2.66. The second-order valence-corrected chi connectivity index (χ2v) is 6.12. The molecular weight excluding hydrogens is 380 g/mol. The van der Waals surface area contributed by atoms with Crippen molar-refractivity contribution in [3.05, 3.63) is 56.9 Å². The topological polar surface area (TPSA) is 150 Å². The number of aliphatic hydroxyl groups excluding tert-OH is 1. The van der Waals surface area contributed by atoms with E-state index in [0.717, 1.165) is 28.3 Å². The molecule has 1 amide bonds. The van der Waals surface area contributed by atoms with E-state index in [-0.39, 0.29) is 11.3 Å². The first-order chi connectivity index (χ1) is 13.6. The summed E-state index contributed by atoms with van der Waals surface area (Å²) >= 11 is 0. The van der Waals surface area contributed by atoms with E-state index in [9.17, 15) is 30.4 Å². The van der Waals surface area contributed by atoms with Gasteiger partial charge < -0.3 is 19.8 Å². The molecule has 0 radical (unpaired) electrons. The van der Waals surface area contributed by atoms with E-state index in [2.05, 4.69) is 4.98 Å². The van der Waals surface area contributed by atoms with Crippen molar-refractivity contribution in [2.24, 2.45) is 0 Å². The number of aryl methyl sites for hydroxylation is 2. The Labute approximate surface area is 166 Å². The van der Waals surface area contributed by atoms with Gasteiger partial charge in [0.15, 0.2) is 11.3 Å². The standard InChI is InChI=1S/C19H18N4O6/c1-10-5-11(2)21-9-15(10)22(3)19(26)13(8-20)17(24)12-6-14(23(27)28)18(25)16(7-12)29-4/h5-7,9,24-25H,1-4H3/b17-13-. The molecule has 0 saturated heterocycles. The lowest BCUT2D eigenvalue weighted by Crippen LogP contribution is -2.29. The molecule has 2 rings (SSSR count). The van der Waals surface area contributed by atoms with Gasteiger partial charge >= 0.3 is 5.69 Å². The predicted molar refractivity (Wildman–Crippen MR) is 104 cm³/mol. The smallest absolute Gasteiger partial charge is 0.315 e. The number of carbonyl (C=O) groups excluding carboxylic acids is 1. The van der Waals surface area contributed by atoms with E-state index in [0.29, 0.717) is 5.69 Å². The molecule has 2 N–H and O–H groups in total. The maximum atomic E-state index is 12.8. The Bertz CT molecular complexity index is 1070. The van der Waals surface area contributed by atoms with Gasteiger partial charge in [0, 0.05) is 24.4 Å².